The zero-order valence-corrected chi connectivity index (χ0v) is 18.7. The number of ether oxygens (including phenoxy) is 1. The molecule has 26 heavy (non-hydrogen) atoms. The van der Waals surface area contributed by atoms with Gasteiger partial charge < -0.3 is 10.1 Å². The molecule has 0 fully saturated rings. The van der Waals surface area contributed by atoms with Gasteiger partial charge in [-0.05, 0) is 96.4 Å². The van der Waals surface area contributed by atoms with Gasteiger partial charge >= 0.3 is 5.97 Å². The minimum atomic E-state index is -0.509. The molecular formula is C18H11Br2IN2O3. The molecule has 0 aliphatic heterocycles. The molecule has 0 aliphatic rings. The standard InChI is InChI=1S/C18H11Br2IN2O3/c1-10(24)26-17-15(19)6-11(7-16(17)20)5-12(9-22)18(25)23-14-4-2-3-13(21)8-14/h2-8H,1H3,(H,23,25)/b12-5+. The number of carbonyl (C=O) groups is 2. The van der Waals surface area contributed by atoms with E-state index in [2.05, 4.69) is 59.8 Å². The third-order valence-corrected chi connectivity index (χ3v) is 4.87. The first kappa shape index (κ1) is 20.6. The van der Waals surface area contributed by atoms with E-state index in [0.717, 1.165) is 3.57 Å². The average Bonchev–Trinajstić information content (AvgIpc) is 2.55. The van der Waals surface area contributed by atoms with E-state index >= 15 is 0 Å². The van der Waals surface area contributed by atoms with Crippen LogP contribution in [0.5, 0.6) is 5.75 Å². The molecule has 5 nitrogen and oxygen atoms in total. The zero-order valence-electron chi connectivity index (χ0n) is 13.3. The lowest BCUT2D eigenvalue weighted by atomic mass is 10.1. The summed E-state index contributed by atoms with van der Waals surface area (Å²) in [6, 6.07) is 12.5. The second-order valence-corrected chi connectivity index (χ2v) is 8.00. The molecular weight excluding hydrogens is 579 g/mol. The number of nitrogens with one attached hydrogen (secondary N) is 1. The van der Waals surface area contributed by atoms with Crippen molar-refractivity contribution in [3.8, 4) is 11.8 Å². The molecule has 0 aromatic heterocycles. The highest BCUT2D eigenvalue weighted by molar-refractivity contribution is 14.1. The minimum absolute atomic E-state index is 0.0529. The number of hydrogen-bond donors (Lipinski definition) is 1. The number of anilines is 1. The third-order valence-electron chi connectivity index (χ3n) is 3.02. The maximum Gasteiger partial charge on any atom is 0.308 e. The topological polar surface area (TPSA) is 79.2 Å². The number of hydrogen-bond acceptors (Lipinski definition) is 4. The van der Waals surface area contributed by atoms with Crippen LogP contribution in [0.3, 0.4) is 0 Å². The predicted molar refractivity (Wildman–Crippen MR) is 115 cm³/mol. The van der Waals surface area contributed by atoms with Crippen LogP contribution in [0.25, 0.3) is 6.08 Å². The lowest BCUT2D eigenvalue weighted by molar-refractivity contribution is -0.132. The van der Waals surface area contributed by atoms with Crippen LogP contribution in [0.2, 0.25) is 0 Å². The average molecular weight is 590 g/mol. The lowest BCUT2D eigenvalue weighted by Gasteiger charge is -2.09. The number of nitrogens with zero attached hydrogens (tertiary/aromatic N) is 1. The molecule has 1 amide bonds. The monoisotopic (exact) mass is 588 g/mol. The van der Waals surface area contributed by atoms with E-state index in [1.54, 1.807) is 24.3 Å². The Kier molecular flexibility index (Phi) is 7.37. The summed E-state index contributed by atoms with van der Waals surface area (Å²) in [6.45, 7) is 1.30. The van der Waals surface area contributed by atoms with E-state index in [9.17, 15) is 14.9 Å². The largest absolute Gasteiger partial charge is 0.424 e. The quantitative estimate of drug-likeness (QED) is 0.173. The molecule has 0 bridgehead atoms. The lowest BCUT2D eigenvalue weighted by Crippen LogP contribution is -2.13. The Morgan fingerprint density at radius 2 is 1.88 bits per heavy atom. The Labute approximate surface area is 180 Å². The van der Waals surface area contributed by atoms with Crippen LogP contribution in [-0.2, 0) is 9.59 Å². The summed E-state index contributed by atoms with van der Waals surface area (Å²) in [7, 11) is 0. The maximum atomic E-state index is 12.3. The number of rotatable bonds is 4. The second-order valence-electron chi connectivity index (χ2n) is 5.04. The second kappa shape index (κ2) is 9.30. The molecule has 1 N–H and O–H groups in total. The van der Waals surface area contributed by atoms with Crippen molar-refractivity contribution < 1.29 is 14.3 Å². The first-order valence-electron chi connectivity index (χ1n) is 7.16. The Bertz CT molecular complexity index is 929. The highest BCUT2D eigenvalue weighted by Gasteiger charge is 2.13. The molecule has 0 aliphatic carbocycles. The molecule has 0 saturated heterocycles. The van der Waals surface area contributed by atoms with Crippen molar-refractivity contribution in [2.24, 2.45) is 0 Å². The van der Waals surface area contributed by atoms with Crippen molar-refractivity contribution in [3.05, 3.63) is 60.1 Å². The fourth-order valence-corrected chi connectivity index (χ4v) is 3.91. The van der Waals surface area contributed by atoms with Gasteiger partial charge in [0.2, 0.25) is 0 Å². The van der Waals surface area contributed by atoms with E-state index < -0.39 is 11.9 Å². The molecule has 2 rings (SSSR count). The normalized spacial score (nSPS) is 10.8. The molecule has 0 heterocycles. The van der Waals surface area contributed by atoms with Gasteiger partial charge in [-0.1, -0.05) is 6.07 Å². The smallest absolute Gasteiger partial charge is 0.308 e. The molecule has 8 heteroatoms. The Morgan fingerprint density at radius 1 is 1.23 bits per heavy atom. The van der Waals surface area contributed by atoms with E-state index in [4.69, 9.17) is 4.74 Å². The van der Waals surface area contributed by atoms with Gasteiger partial charge in [-0.3, -0.25) is 9.59 Å². The van der Waals surface area contributed by atoms with Crippen LogP contribution in [-0.4, -0.2) is 11.9 Å². The number of nitriles is 1. The fraction of sp³-hybridized carbons (Fsp3) is 0.0556. The Hall–Kier alpha value is -1.70. The SMILES string of the molecule is CC(=O)Oc1c(Br)cc(/C=C(\C#N)C(=O)Nc2cccc(I)c2)cc1Br. The van der Waals surface area contributed by atoms with Gasteiger partial charge in [0, 0.05) is 16.2 Å². The van der Waals surface area contributed by atoms with E-state index in [-0.39, 0.29) is 5.57 Å². The maximum absolute atomic E-state index is 12.3. The van der Waals surface area contributed by atoms with Gasteiger partial charge in [-0.25, -0.2) is 0 Å². The molecule has 2 aromatic carbocycles. The fourth-order valence-electron chi connectivity index (χ4n) is 1.98. The molecule has 132 valence electrons. The van der Waals surface area contributed by atoms with Crippen molar-refractivity contribution in [1.29, 1.82) is 5.26 Å². The van der Waals surface area contributed by atoms with Gasteiger partial charge in [0.1, 0.15) is 11.6 Å². The van der Waals surface area contributed by atoms with Crippen molar-refractivity contribution in [3.63, 3.8) is 0 Å². The Balaban J connectivity index is 2.29. The molecule has 0 unspecified atom stereocenters. The van der Waals surface area contributed by atoms with Crippen LogP contribution < -0.4 is 10.1 Å². The molecule has 0 saturated carbocycles. The summed E-state index contributed by atoms with van der Waals surface area (Å²) in [5.74, 6) is -0.633. The van der Waals surface area contributed by atoms with Crippen LogP contribution in [0.4, 0.5) is 5.69 Å². The van der Waals surface area contributed by atoms with Gasteiger partial charge in [0.05, 0.1) is 8.95 Å². The summed E-state index contributed by atoms with van der Waals surface area (Å²) in [5, 5.41) is 12.0. The molecule has 0 radical (unpaired) electrons. The van der Waals surface area contributed by atoms with Crippen molar-refractivity contribution >= 4 is 78.1 Å². The zero-order chi connectivity index (χ0) is 19.3. The van der Waals surface area contributed by atoms with Crippen molar-refractivity contribution in [1.82, 2.24) is 0 Å². The summed E-state index contributed by atoms with van der Waals surface area (Å²) < 4.78 is 7.11. The summed E-state index contributed by atoms with van der Waals surface area (Å²) >= 11 is 8.77. The van der Waals surface area contributed by atoms with E-state index in [1.165, 1.54) is 13.0 Å². The first-order valence-corrected chi connectivity index (χ1v) is 9.83. The summed E-state index contributed by atoms with van der Waals surface area (Å²) in [5.41, 5.74) is 1.15. The van der Waals surface area contributed by atoms with E-state index in [0.29, 0.717) is 25.9 Å². The van der Waals surface area contributed by atoms with Gasteiger partial charge in [0.15, 0.2) is 5.75 Å². The van der Waals surface area contributed by atoms with E-state index in [1.807, 2.05) is 18.2 Å². The van der Waals surface area contributed by atoms with Crippen molar-refractivity contribution in [2.45, 2.75) is 6.92 Å². The van der Waals surface area contributed by atoms with Gasteiger partial charge in [-0.2, -0.15) is 5.26 Å². The molecule has 0 atom stereocenters. The summed E-state index contributed by atoms with van der Waals surface area (Å²) in [4.78, 5) is 23.5. The highest BCUT2D eigenvalue weighted by Crippen LogP contribution is 2.35. The van der Waals surface area contributed by atoms with Crippen LogP contribution in [0.15, 0.2) is 50.9 Å². The Morgan fingerprint density at radius 3 is 2.42 bits per heavy atom. The summed E-state index contributed by atoms with van der Waals surface area (Å²) in [6.07, 6.45) is 1.45. The minimum Gasteiger partial charge on any atom is -0.424 e. The van der Waals surface area contributed by atoms with Crippen molar-refractivity contribution in [2.75, 3.05) is 5.32 Å². The first-order chi connectivity index (χ1) is 12.3. The highest BCUT2D eigenvalue weighted by atomic mass is 127. The number of amides is 1. The number of halogens is 3. The number of benzene rings is 2. The van der Waals surface area contributed by atoms with Crippen LogP contribution in [0.1, 0.15) is 12.5 Å². The number of carbonyl (C=O) groups excluding carboxylic acids is 2. The van der Waals surface area contributed by atoms with Gasteiger partial charge in [0.25, 0.3) is 5.91 Å². The van der Waals surface area contributed by atoms with Gasteiger partial charge in [-0.15, -0.1) is 0 Å². The van der Waals surface area contributed by atoms with Crippen LogP contribution in [0, 0.1) is 14.9 Å². The predicted octanol–water partition coefficient (Wildman–Crippen LogP) is 5.29. The third kappa shape index (κ3) is 5.65. The molecule has 0 spiro atoms. The number of esters is 1. The van der Waals surface area contributed by atoms with Crippen LogP contribution >= 0.6 is 54.5 Å². The molecule has 2 aromatic rings.